The monoisotopic (exact) mass is 313 g/mol. The minimum atomic E-state index is -0.00988. The average molecular weight is 314 g/mol. The second kappa shape index (κ2) is 6.23. The van der Waals surface area contributed by atoms with Gasteiger partial charge in [-0.15, -0.1) is 0 Å². The van der Waals surface area contributed by atoms with E-state index < -0.39 is 0 Å². The van der Waals surface area contributed by atoms with Crippen LogP contribution in [0.15, 0.2) is 22.7 Å². The van der Waals surface area contributed by atoms with Crippen molar-refractivity contribution in [3.05, 3.63) is 28.2 Å². The first-order valence-corrected chi connectivity index (χ1v) is 6.84. The third-order valence-corrected chi connectivity index (χ3v) is 3.42. The number of halogens is 1. The molecule has 0 fully saturated rings. The van der Waals surface area contributed by atoms with Crippen LogP contribution >= 0.6 is 15.9 Å². The predicted molar refractivity (Wildman–Crippen MR) is 77.1 cm³/mol. The number of hydrogen-bond donors (Lipinski definition) is 0. The van der Waals surface area contributed by atoms with Crippen LogP contribution in [0, 0.1) is 0 Å². The Labute approximate surface area is 117 Å². The lowest BCUT2D eigenvalue weighted by atomic mass is 10.1. The first-order valence-electron chi connectivity index (χ1n) is 6.05. The molecule has 0 saturated carbocycles. The first kappa shape index (κ1) is 15.0. The maximum Gasteiger partial charge on any atom is 0.259 e. The molecular formula is C14H20BrNO2. The zero-order valence-corrected chi connectivity index (χ0v) is 13.1. The largest absolute Gasteiger partial charge is 0.496 e. The molecule has 1 amide bonds. The fourth-order valence-electron chi connectivity index (χ4n) is 2.08. The summed E-state index contributed by atoms with van der Waals surface area (Å²) in [6.07, 6.45) is 0. The van der Waals surface area contributed by atoms with Gasteiger partial charge in [0, 0.05) is 16.6 Å². The lowest BCUT2D eigenvalue weighted by molar-refractivity contribution is 0.0639. The third kappa shape index (κ3) is 3.05. The highest BCUT2D eigenvalue weighted by atomic mass is 79.9. The van der Waals surface area contributed by atoms with Gasteiger partial charge in [-0.3, -0.25) is 4.79 Å². The van der Waals surface area contributed by atoms with E-state index in [4.69, 9.17) is 4.74 Å². The van der Waals surface area contributed by atoms with E-state index in [1.165, 1.54) is 0 Å². The van der Waals surface area contributed by atoms with Crippen LogP contribution in [0.4, 0.5) is 0 Å². The molecule has 0 aliphatic carbocycles. The number of amides is 1. The summed E-state index contributed by atoms with van der Waals surface area (Å²) >= 11 is 3.43. The second-order valence-corrected chi connectivity index (χ2v) is 5.57. The molecule has 0 unspecified atom stereocenters. The number of nitrogens with zero attached hydrogens (tertiary/aromatic N) is 1. The number of benzene rings is 1. The maximum atomic E-state index is 12.6. The molecule has 0 N–H and O–H groups in total. The lowest BCUT2D eigenvalue weighted by Gasteiger charge is -2.31. The Morgan fingerprint density at radius 2 is 1.78 bits per heavy atom. The number of carbonyl (C=O) groups is 1. The van der Waals surface area contributed by atoms with Gasteiger partial charge in [-0.05, 0) is 55.8 Å². The van der Waals surface area contributed by atoms with Crippen molar-refractivity contribution in [1.82, 2.24) is 4.90 Å². The summed E-state index contributed by atoms with van der Waals surface area (Å²) in [6.45, 7) is 8.06. The van der Waals surface area contributed by atoms with Gasteiger partial charge in [0.05, 0.1) is 12.7 Å². The summed E-state index contributed by atoms with van der Waals surface area (Å²) in [5, 5.41) is 0. The molecular weight excluding hydrogens is 294 g/mol. The van der Waals surface area contributed by atoms with Crippen LogP contribution in [0.25, 0.3) is 0 Å². The summed E-state index contributed by atoms with van der Waals surface area (Å²) in [5.74, 6) is 0.588. The first-order chi connectivity index (χ1) is 8.40. The second-order valence-electron chi connectivity index (χ2n) is 4.72. The Morgan fingerprint density at radius 1 is 1.22 bits per heavy atom. The van der Waals surface area contributed by atoms with Gasteiger partial charge in [0.1, 0.15) is 5.75 Å². The van der Waals surface area contributed by atoms with Gasteiger partial charge < -0.3 is 9.64 Å². The van der Waals surface area contributed by atoms with Crippen molar-refractivity contribution < 1.29 is 9.53 Å². The Bertz CT molecular complexity index is 422. The summed E-state index contributed by atoms with van der Waals surface area (Å²) in [7, 11) is 1.58. The quantitative estimate of drug-likeness (QED) is 0.848. The van der Waals surface area contributed by atoms with Crippen molar-refractivity contribution in [3.8, 4) is 5.75 Å². The van der Waals surface area contributed by atoms with Gasteiger partial charge in [0.25, 0.3) is 5.91 Å². The summed E-state index contributed by atoms with van der Waals surface area (Å²) < 4.78 is 6.04. The number of rotatable bonds is 4. The van der Waals surface area contributed by atoms with Gasteiger partial charge in [-0.1, -0.05) is 6.07 Å². The highest BCUT2D eigenvalue weighted by molar-refractivity contribution is 9.10. The molecule has 0 spiro atoms. The smallest absolute Gasteiger partial charge is 0.259 e. The Kier molecular flexibility index (Phi) is 5.20. The molecule has 0 aromatic heterocycles. The number of carbonyl (C=O) groups excluding carboxylic acids is 1. The standard InChI is InChI=1S/C14H20BrNO2/c1-9(2)16(10(3)4)14(17)13-11(15)7-6-8-12(13)18-5/h6-10H,1-5H3. The highest BCUT2D eigenvalue weighted by Gasteiger charge is 2.25. The predicted octanol–water partition coefficient (Wildman–Crippen LogP) is 3.72. The van der Waals surface area contributed by atoms with E-state index in [0.717, 1.165) is 4.47 Å². The van der Waals surface area contributed by atoms with Crippen molar-refractivity contribution in [2.75, 3.05) is 7.11 Å². The van der Waals surface area contributed by atoms with Crippen LogP contribution in [0.3, 0.4) is 0 Å². The molecule has 1 aromatic carbocycles. The Morgan fingerprint density at radius 3 is 2.22 bits per heavy atom. The molecule has 0 aliphatic heterocycles. The fourth-order valence-corrected chi connectivity index (χ4v) is 2.59. The van der Waals surface area contributed by atoms with Crippen LogP contribution in [-0.2, 0) is 0 Å². The Balaban J connectivity index is 3.24. The van der Waals surface area contributed by atoms with Crippen molar-refractivity contribution in [2.24, 2.45) is 0 Å². The molecule has 0 bridgehead atoms. The van der Waals surface area contributed by atoms with E-state index in [1.807, 2.05) is 44.7 Å². The van der Waals surface area contributed by atoms with Gasteiger partial charge >= 0.3 is 0 Å². The van der Waals surface area contributed by atoms with E-state index in [-0.39, 0.29) is 18.0 Å². The zero-order chi connectivity index (χ0) is 13.9. The molecule has 0 heterocycles. The molecule has 100 valence electrons. The molecule has 3 nitrogen and oxygen atoms in total. The topological polar surface area (TPSA) is 29.5 Å². The minimum Gasteiger partial charge on any atom is -0.496 e. The summed E-state index contributed by atoms with van der Waals surface area (Å²) in [4.78, 5) is 14.5. The normalized spacial score (nSPS) is 10.9. The van der Waals surface area contributed by atoms with Crippen molar-refractivity contribution in [1.29, 1.82) is 0 Å². The van der Waals surface area contributed by atoms with Crippen LogP contribution < -0.4 is 4.74 Å². The average Bonchev–Trinajstić information content (AvgIpc) is 2.27. The minimum absolute atomic E-state index is 0.00988. The van der Waals surface area contributed by atoms with Crippen molar-refractivity contribution in [2.45, 2.75) is 39.8 Å². The van der Waals surface area contributed by atoms with Crippen LogP contribution in [0.2, 0.25) is 0 Å². The molecule has 1 aromatic rings. The van der Waals surface area contributed by atoms with Crippen LogP contribution in [0.1, 0.15) is 38.1 Å². The lowest BCUT2D eigenvalue weighted by Crippen LogP contribution is -2.42. The number of ether oxygens (including phenoxy) is 1. The molecule has 0 radical (unpaired) electrons. The van der Waals surface area contributed by atoms with Gasteiger partial charge in [-0.2, -0.15) is 0 Å². The van der Waals surface area contributed by atoms with Crippen LogP contribution in [-0.4, -0.2) is 30.0 Å². The van der Waals surface area contributed by atoms with Gasteiger partial charge in [-0.25, -0.2) is 0 Å². The van der Waals surface area contributed by atoms with Gasteiger partial charge in [0.2, 0.25) is 0 Å². The van der Waals surface area contributed by atoms with Crippen LogP contribution in [0.5, 0.6) is 5.75 Å². The fraction of sp³-hybridized carbons (Fsp3) is 0.500. The zero-order valence-electron chi connectivity index (χ0n) is 11.5. The molecule has 0 aliphatic rings. The molecule has 18 heavy (non-hydrogen) atoms. The molecule has 0 atom stereocenters. The maximum absolute atomic E-state index is 12.6. The number of hydrogen-bond acceptors (Lipinski definition) is 2. The van der Waals surface area contributed by atoms with E-state index >= 15 is 0 Å². The molecule has 1 rings (SSSR count). The van der Waals surface area contributed by atoms with E-state index in [1.54, 1.807) is 13.2 Å². The van der Waals surface area contributed by atoms with E-state index in [0.29, 0.717) is 11.3 Å². The Hall–Kier alpha value is -1.03. The van der Waals surface area contributed by atoms with Gasteiger partial charge in [0.15, 0.2) is 0 Å². The van der Waals surface area contributed by atoms with E-state index in [9.17, 15) is 4.79 Å². The van der Waals surface area contributed by atoms with E-state index in [2.05, 4.69) is 15.9 Å². The molecule has 0 saturated heterocycles. The SMILES string of the molecule is COc1cccc(Br)c1C(=O)N(C(C)C)C(C)C. The molecule has 4 heteroatoms. The van der Waals surface area contributed by atoms with Crippen molar-refractivity contribution in [3.63, 3.8) is 0 Å². The van der Waals surface area contributed by atoms with Crippen molar-refractivity contribution >= 4 is 21.8 Å². The third-order valence-electron chi connectivity index (χ3n) is 2.76. The summed E-state index contributed by atoms with van der Waals surface area (Å²) in [6, 6.07) is 5.81. The highest BCUT2D eigenvalue weighted by Crippen LogP contribution is 2.29. The summed E-state index contributed by atoms with van der Waals surface area (Å²) in [5.41, 5.74) is 0.586. The number of methoxy groups -OCH3 is 1.